The van der Waals surface area contributed by atoms with E-state index in [0.717, 1.165) is 5.69 Å². The summed E-state index contributed by atoms with van der Waals surface area (Å²) in [6.07, 6.45) is 0. The van der Waals surface area contributed by atoms with Gasteiger partial charge in [-0.15, -0.1) is 10.2 Å². The molecule has 1 aromatic heterocycles. The van der Waals surface area contributed by atoms with Crippen LogP contribution in [0.3, 0.4) is 0 Å². The van der Waals surface area contributed by atoms with E-state index in [9.17, 15) is 9.59 Å². The molecule has 0 spiro atoms. The number of nitrogens with one attached hydrogen (secondary N) is 2. The zero-order valence-electron chi connectivity index (χ0n) is 16.0. The number of amides is 1. The Morgan fingerprint density at radius 1 is 0.966 bits per heavy atom. The van der Waals surface area contributed by atoms with Crippen molar-refractivity contribution in [2.75, 3.05) is 24.4 Å². The number of benzene rings is 2. The fourth-order valence-electron chi connectivity index (χ4n) is 2.51. The van der Waals surface area contributed by atoms with Crippen LogP contribution in [-0.2, 0) is 4.74 Å². The number of esters is 1. The van der Waals surface area contributed by atoms with Crippen molar-refractivity contribution in [2.24, 2.45) is 0 Å². The number of hydrogen-bond donors (Lipinski definition) is 2. The third-order valence-corrected chi connectivity index (χ3v) is 3.92. The maximum Gasteiger partial charge on any atom is 0.338 e. The average Bonchev–Trinajstić information content (AvgIpc) is 2.75. The molecule has 29 heavy (non-hydrogen) atoms. The van der Waals surface area contributed by atoms with Gasteiger partial charge in [0.25, 0.3) is 5.91 Å². The summed E-state index contributed by atoms with van der Waals surface area (Å²) in [5.41, 5.74) is 1.84. The first-order valence-electron chi connectivity index (χ1n) is 8.93. The van der Waals surface area contributed by atoms with Gasteiger partial charge in [-0.3, -0.25) is 4.79 Å². The van der Waals surface area contributed by atoms with E-state index in [1.54, 1.807) is 50.4 Å². The van der Waals surface area contributed by atoms with Gasteiger partial charge in [0.1, 0.15) is 5.75 Å². The molecule has 0 fully saturated rings. The van der Waals surface area contributed by atoms with Crippen molar-refractivity contribution in [1.29, 1.82) is 0 Å². The van der Waals surface area contributed by atoms with Gasteiger partial charge in [-0.2, -0.15) is 0 Å². The van der Waals surface area contributed by atoms with Crippen LogP contribution in [0.5, 0.6) is 5.75 Å². The van der Waals surface area contributed by atoms with Crippen molar-refractivity contribution in [3.8, 4) is 5.75 Å². The Bertz CT molecular complexity index is 988. The molecule has 0 bridgehead atoms. The summed E-state index contributed by atoms with van der Waals surface area (Å²) in [5, 5.41) is 13.8. The number of aromatic nitrogens is 2. The summed E-state index contributed by atoms with van der Waals surface area (Å²) in [7, 11) is 1.58. The van der Waals surface area contributed by atoms with Crippen LogP contribution in [0.2, 0.25) is 0 Å². The number of carbonyl (C=O) groups is 2. The van der Waals surface area contributed by atoms with Crippen LogP contribution in [0.15, 0.2) is 60.7 Å². The van der Waals surface area contributed by atoms with Gasteiger partial charge >= 0.3 is 5.97 Å². The van der Waals surface area contributed by atoms with Crippen molar-refractivity contribution in [2.45, 2.75) is 6.92 Å². The second-order valence-electron chi connectivity index (χ2n) is 5.88. The van der Waals surface area contributed by atoms with Crippen LogP contribution < -0.4 is 15.4 Å². The smallest absolute Gasteiger partial charge is 0.338 e. The highest BCUT2D eigenvalue weighted by molar-refractivity contribution is 6.03. The maximum atomic E-state index is 12.4. The monoisotopic (exact) mass is 392 g/mol. The van der Waals surface area contributed by atoms with Gasteiger partial charge in [0.15, 0.2) is 11.5 Å². The molecule has 3 aromatic rings. The lowest BCUT2D eigenvalue weighted by Gasteiger charge is -2.10. The van der Waals surface area contributed by atoms with E-state index in [4.69, 9.17) is 9.47 Å². The molecule has 0 saturated carbocycles. The Labute approximate surface area is 167 Å². The van der Waals surface area contributed by atoms with Crippen molar-refractivity contribution < 1.29 is 19.1 Å². The van der Waals surface area contributed by atoms with Crippen LogP contribution in [-0.4, -0.2) is 35.8 Å². The molecule has 2 aromatic carbocycles. The van der Waals surface area contributed by atoms with Crippen LogP contribution in [0.25, 0.3) is 0 Å². The first kappa shape index (κ1) is 19.8. The number of rotatable bonds is 7. The van der Waals surface area contributed by atoms with E-state index in [1.165, 1.54) is 0 Å². The molecule has 1 amide bonds. The van der Waals surface area contributed by atoms with Crippen molar-refractivity contribution >= 4 is 29.1 Å². The minimum absolute atomic E-state index is 0.157. The first-order valence-corrected chi connectivity index (χ1v) is 8.93. The van der Waals surface area contributed by atoms with E-state index in [2.05, 4.69) is 20.8 Å². The fourth-order valence-corrected chi connectivity index (χ4v) is 2.51. The summed E-state index contributed by atoms with van der Waals surface area (Å²) in [6.45, 7) is 2.04. The number of anilines is 3. The summed E-state index contributed by atoms with van der Waals surface area (Å²) >= 11 is 0. The van der Waals surface area contributed by atoms with Gasteiger partial charge in [-0.05, 0) is 55.5 Å². The van der Waals surface area contributed by atoms with Gasteiger partial charge in [0, 0.05) is 5.69 Å². The number of ether oxygens (including phenoxy) is 2. The molecule has 0 aliphatic carbocycles. The Morgan fingerprint density at radius 3 is 2.38 bits per heavy atom. The molecule has 8 heteroatoms. The van der Waals surface area contributed by atoms with Crippen LogP contribution >= 0.6 is 0 Å². The Kier molecular flexibility index (Phi) is 6.36. The number of para-hydroxylation sites is 2. The molecule has 1 heterocycles. The van der Waals surface area contributed by atoms with E-state index in [-0.39, 0.29) is 5.69 Å². The topological polar surface area (TPSA) is 102 Å². The standard InChI is InChI=1S/C21H20N4O4/c1-3-29-21(27)14-8-10-15(11-9-14)22-20(26)17-12-13-19(25-24-17)23-16-6-4-5-7-18(16)28-2/h4-13H,3H2,1-2H3,(H,22,26)(H,23,25). The number of carbonyl (C=O) groups excluding carboxylic acids is 2. The minimum Gasteiger partial charge on any atom is -0.495 e. The molecule has 0 aliphatic heterocycles. The SMILES string of the molecule is CCOC(=O)c1ccc(NC(=O)c2ccc(Nc3ccccc3OC)nn2)cc1. The highest BCUT2D eigenvalue weighted by Gasteiger charge is 2.11. The van der Waals surface area contributed by atoms with E-state index in [0.29, 0.717) is 29.4 Å². The molecule has 8 nitrogen and oxygen atoms in total. The van der Waals surface area contributed by atoms with Gasteiger partial charge in [-0.1, -0.05) is 12.1 Å². The molecule has 0 saturated heterocycles. The number of hydrogen-bond acceptors (Lipinski definition) is 7. The number of nitrogens with zero attached hydrogens (tertiary/aromatic N) is 2. The number of methoxy groups -OCH3 is 1. The molecule has 2 N–H and O–H groups in total. The van der Waals surface area contributed by atoms with Gasteiger partial charge in [0.05, 0.1) is 25.0 Å². The maximum absolute atomic E-state index is 12.4. The van der Waals surface area contributed by atoms with Crippen molar-refractivity contribution in [1.82, 2.24) is 10.2 Å². The van der Waals surface area contributed by atoms with E-state index < -0.39 is 11.9 Å². The van der Waals surface area contributed by atoms with Gasteiger partial charge < -0.3 is 20.1 Å². The Hall–Kier alpha value is -3.94. The fraction of sp³-hybridized carbons (Fsp3) is 0.143. The molecule has 3 rings (SSSR count). The average molecular weight is 392 g/mol. The second-order valence-corrected chi connectivity index (χ2v) is 5.88. The Morgan fingerprint density at radius 2 is 1.72 bits per heavy atom. The molecule has 148 valence electrons. The summed E-state index contributed by atoms with van der Waals surface area (Å²) in [4.78, 5) is 24.0. The molecule has 0 atom stereocenters. The highest BCUT2D eigenvalue weighted by atomic mass is 16.5. The Balaban J connectivity index is 1.64. The van der Waals surface area contributed by atoms with Crippen molar-refractivity contribution in [3.63, 3.8) is 0 Å². The predicted octanol–water partition coefficient (Wildman–Crippen LogP) is 3.66. The molecule has 0 aliphatic rings. The molecule has 0 radical (unpaired) electrons. The lowest BCUT2D eigenvalue weighted by atomic mass is 10.2. The van der Waals surface area contributed by atoms with Gasteiger partial charge in [-0.25, -0.2) is 4.79 Å². The lowest BCUT2D eigenvalue weighted by Crippen LogP contribution is -2.15. The molecular weight excluding hydrogens is 372 g/mol. The third-order valence-electron chi connectivity index (χ3n) is 3.92. The molecule has 0 unspecified atom stereocenters. The normalized spacial score (nSPS) is 10.1. The van der Waals surface area contributed by atoms with Crippen molar-refractivity contribution in [3.05, 3.63) is 71.9 Å². The molecular formula is C21H20N4O4. The summed E-state index contributed by atoms with van der Waals surface area (Å²) in [6, 6.07) is 17.0. The highest BCUT2D eigenvalue weighted by Crippen LogP contribution is 2.25. The quantitative estimate of drug-likeness (QED) is 0.592. The zero-order valence-corrected chi connectivity index (χ0v) is 16.0. The first-order chi connectivity index (χ1) is 14.1. The largest absolute Gasteiger partial charge is 0.495 e. The third kappa shape index (κ3) is 5.07. The van der Waals surface area contributed by atoms with E-state index >= 15 is 0 Å². The van der Waals surface area contributed by atoms with Crippen LogP contribution in [0.4, 0.5) is 17.2 Å². The van der Waals surface area contributed by atoms with Crippen LogP contribution in [0, 0.1) is 0 Å². The summed E-state index contributed by atoms with van der Waals surface area (Å²) < 4.78 is 10.2. The summed E-state index contributed by atoms with van der Waals surface area (Å²) in [5.74, 6) is 0.326. The minimum atomic E-state index is -0.412. The van der Waals surface area contributed by atoms with Gasteiger partial charge in [0.2, 0.25) is 0 Å². The zero-order chi connectivity index (χ0) is 20.6. The van der Waals surface area contributed by atoms with E-state index in [1.807, 2.05) is 24.3 Å². The lowest BCUT2D eigenvalue weighted by molar-refractivity contribution is 0.0526. The second kappa shape index (κ2) is 9.32. The predicted molar refractivity (Wildman–Crippen MR) is 109 cm³/mol. The van der Waals surface area contributed by atoms with Crippen LogP contribution in [0.1, 0.15) is 27.8 Å².